The van der Waals surface area contributed by atoms with Crippen molar-refractivity contribution in [3.05, 3.63) is 59.2 Å². The monoisotopic (exact) mass is 352 g/mol. The van der Waals surface area contributed by atoms with Gasteiger partial charge in [-0.1, -0.05) is 24.3 Å². The van der Waals surface area contributed by atoms with Gasteiger partial charge in [0.2, 0.25) is 5.91 Å². The molecule has 0 bridgehead atoms. The van der Waals surface area contributed by atoms with Crippen LogP contribution in [0.15, 0.2) is 42.5 Å². The predicted octanol–water partition coefficient (Wildman–Crippen LogP) is 3.59. The van der Waals surface area contributed by atoms with E-state index in [1.165, 1.54) is 16.8 Å². The second-order valence-electron chi connectivity index (χ2n) is 6.94. The zero-order valence-corrected chi connectivity index (χ0v) is 16.0. The highest BCUT2D eigenvalue weighted by atomic mass is 16.5. The Kier molecular flexibility index (Phi) is 5.82. The van der Waals surface area contributed by atoms with E-state index in [4.69, 9.17) is 4.74 Å². The van der Waals surface area contributed by atoms with E-state index in [2.05, 4.69) is 36.9 Å². The number of aryl methyl sites for hydroxylation is 2. The van der Waals surface area contributed by atoms with Crippen molar-refractivity contribution in [3.63, 3.8) is 0 Å². The molecule has 1 aliphatic heterocycles. The maximum atomic E-state index is 12.6. The molecule has 0 unspecified atom stereocenters. The minimum atomic E-state index is 0.244. The van der Waals surface area contributed by atoms with E-state index in [1.54, 1.807) is 7.11 Å². The zero-order valence-electron chi connectivity index (χ0n) is 16.0. The Hall–Kier alpha value is -2.49. The van der Waals surface area contributed by atoms with Crippen molar-refractivity contribution in [2.45, 2.75) is 26.7 Å². The molecule has 138 valence electrons. The van der Waals surface area contributed by atoms with Gasteiger partial charge in [-0.15, -0.1) is 0 Å². The van der Waals surface area contributed by atoms with Gasteiger partial charge in [0.25, 0.3) is 0 Å². The second kappa shape index (κ2) is 8.26. The number of amides is 1. The number of ether oxygens (including phenoxy) is 1. The molecule has 4 nitrogen and oxygen atoms in total. The number of methoxy groups -OCH3 is 1. The molecule has 0 saturated carbocycles. The van der Waals surface area contributed by atoms with Gasteiger partial charge < -0.3 is 14.5 Å². The third-order valence-corrected chi connectivity index (χ3v) is 5.31. The number of rotatable bonds is 5. The Morgan fingerprint density at radius 3 is 2.50 bits per heavy atom. The first kappa shape index (κ1) is 18.3. The Morgan fingerprint density at radius 2 is 1.77 bits per heavy atom. The van der Waals surface area contributed by atoms with Crippen LogP contribution >= 0.6 is 0 Å². The minimum Gasteiger partial charge on any atom is -0.497 e. The van der Waals surface area contributed by atoms with Crippen molar-refractivity contribution in [1.82, 2.24) is 4.90 Å². The molecule has 1 fully saturated rings. The summed E-state index contributed by atoms with van der Waals surface area (Å²) in [5, 5.41) is 0. The Bertz CT molecular complexity index is 764. The summed E-state index contributed by atoms with van der Waals surface area (Å²) < 4.78 is 5.25. The average molecular weight is 352 g/mol. The number of carbonyl (C=O) groups excluding carboxylic acids is 1. The van der Waals surface area contributed by atoms with E-state index >= 15 is 0 Å². The van der Waals surface area contributed by atoms with Gasteiger partial charge in [-0.2, -0.15) is 0 Å². The van der Waals surface area contributed by atoms with Gasteiger partial charge in [-0.3, -0.25) is 4.79 Å². The van der Waals surface area contributed by atoms with E-state index < -0.39 is 0 Å². The maximum absolute atomic E-state index is 12.6. The third kappa shape index (κ3) is 4.18. The first-order valence-corrected chi connectivity index (χ1v) is 9.30. The lowest BCUT2D eigenvalue weighted by Crippen LogP contribution is -2.49. The van der Waals surface area contributed by atoms with Crippen LogP contribution in [0.5, 0.6) is 5.75 Å². The molecule has 1 heterocycles. The van der Waals surface area contributed by atoms with Gasteiger partial charge in [-0.05, 0) is 55.2 Å². The van der Waals surface area contributed by atoms with Crippen molar-refractivity contribution in [1.29, 1.82) is 0 Å². The van der Waals surface area contributed by atoms with E-state index in [0.717, 1.165) is 43.9 Å². The van der Waals surface area contributed by atoms with Gasteiger partial charge in [-0.25, -0.2) is 0 Å². The number of carbonyl (C=O) groups is 1. The smallest absolute Gasteiger partial charge is 0.223 e. The van der Waals surface area contributed by atoms with Crippen LogP contribution in [-0.4, -0.2) is 44.1 Å². The molecule has 26 heavy (non-hydrogen) atoms. The molecule has 4 heteroatoms. The van der Waals surface area contributed by atoms with Gasteiger partial charge in [0.05, 0.1) is 7.11 Å². The summed E-state index contributed by atoms with van der Waals surface area (Å²) in [5.41, 5.74) is 5.10. The van der Waals surface area contributed by atoms with Crippen LogP contribution in [0, 0.1) is 13.8 Å². The van der Waals surface area contributed by atoms with Crippen LogP contribution in [0.2, 0.25) is 0 Å². The second-order valence-corrected chi connectivity index (χ2v) is 6.94. The number of hydrogen-bond donors (Lipinski definition) is 0. The summed E-state index contributed by atoms with van der Waals surface area (Å²) in [4.78, 5) is 17.0. The molecule has 2 aromatic rings. The van der Waals surface area contributed by atoms with E-state index in [9.17, 15) is 4.79 Å². The fraction of sp³-hybridized carbons (Fsp3) is 0.409. The average Bonchev–Trinajstić information content (AvgIpc) is 2.68. The van der Waals surface area contributed by atoms with Crippen LogP contribution in [0.1, 0.15) is 23.1 Å². The normalized spacial score (nSPS) is 14.4. The Morgan fingerprint density at radius 1 is 1.04 bits per heavy atom. The summed E-state index contributed by atoms with van der Waals surface area (Å²) in [7, 11) is 1.67. The Balaban J connectivity index is 1.52. The van der Waals surface area contributed by atoms with Crippen molar-refractivity contribution < 1.29 is 9.53 Å². The first-order chi connectivity index (χ1) is 12.6. The molecule has 1 aliphatic rings. The molecule has 0 spiro atoms. The number of hydrogen-bond acceptors (Lipinski definition) is 3. The molecule has 2 aromatic carbocycles. The number of benzene rings is 2. The van der Waals surface area contributed by atoms with Crippen molar-refractivity contribution in [3.8, 4) is 5.75 Å². The highest BCUT2D eigenvalue weighted by molar-refractivity contribution is 5.77. The summed E-state index contributed by atoms with van der Waals surface area (Å²) in [6.07, 6.45) is 1.31. The number of nitrogens with zero attached hydrogens (tertiary/aromatic N) is 2. The summed E-state index contributed by atoms with van der Waals surface area (Å²) in [6.45, 7) is 7.71. The molecule has 3 rings (SSSR count). The molecule has 1 saturated heterocycles. The van der Waals surface area contributed by atoms with Crippen molar-refractivity contribution in [2.75, 3.05) is 38.2 Å². The lowest BCUT2D eigenvalue weighted by atomic mass is 10.1. The Labute approximate surface area is 156 Å². The van der Waals surface area contributed by atoms with Crippen LogP contribution < -0.4 is 9.64 Å². The lowest BCUT2D eigenvalue weighted by Gasteiger charge is -2.37. The van der Waals surface area contributed by atoms with Crippen LogP contribution in [0.3, 0.4) is 0 Å². The van der Waals surface area contributed by atoms with E-state index in [-0.39, 0.29) is 5.91 Å². The largest absolute Gasteiger partial charge is 0.497 e. The molecule has 1 amide bonds. The highest BCUT2D eigenvalue weighted by Gasteiger charge is 2.22. The first-order valence-electron chi connectivity index (χ1n) is 9.30. The van der Waals surface area contributed by atoms with Gasteiger partial charge in [0.1, 0.15) is 5.75 Å². The molecule has 0 radical (unpaired) electrons. The topological polar surface area (TPSA) is 32.8 Å². The fourth-order valence-electron chi connectivity index (χ4n) is 3.51. The van der Waals surface area contributed by atoms with Crippen LogP contribution in [0.25, 0.3) is 0 Å². The molecule has 0 N–H and O–H groups in total. The van der Waals surface area contributed by atoms with E-state index in [0.29, 0.717) is 6.42 Å². The predicted molar refractivity (Wildman–Crippen MR) is 106 cm³/mol. The lowest BCUT2D eigenvalue weighted by molar-refractivity contribution is -0.131. The highest BCUT2D eigenvalue weighted by Crippen LogP contribution is 2.24. The van der Waals surface area contributed by atoms with Crippen molar-refractivity contribution >= 4 is 11.6 Å². The molecule has 0 atom stereocenters. The fourth-order valence-corrected chi connectivity index (χ4v) is 3.51. The van der Waals surface area contributed by atoms with E-state index in [1.807, 2.05) is 29.2 Å². The molecular weight excluding hydrogens is 324 g/mol. The summed E-state index contributed by atoms with van der Waals surface area (Å²) in [5.74, 6) is 1.09. The van der Waals surface area contributed by atoms with Crippen LogP contribution in [-0.2, 0) is 11.2 Å². The molecular formula is C22H28N2O2. The minimum absolute atomic E-state index is 0.244. The SMILES string of the molecule is COc1cccc(CCC(=O)N2CCN(c3cccc(C)c3C)CC2)c1. The summed E-state index contributed by atoms with van der Waals surface area (Å²) >= 11 is 0. The van der Waals surface area contributed by atoms with Gasteiger partial charge in [0.15, 0.2) is 0 Å². The van der Waals surface area contributed by atoms with Crippen molar-refractivity contribution in [2.24, 2.45) is 0 Å². The van der Waals surface area contributed by atoms with Gasteiger partial charge in [0, 0.05) is 38.3 Å². The molecule has 0 aliphatic carbocycles. The quantitative estimate of drug-likeness (QED) is 0.824. The molecule has 0 aromatic heterocycles. The maximum Gasteiger partial charge on any atom is 0.223 e. The standard InChI is InChI=1S/C22H28N2O2/c1-17-6-4-9-21(18(17)2)23-12-14-24(15-13-23)22(25)11-10-19-7-5-8-20(16-19)26-3/h4-9,16H,10-15H2,1-3H3. The van der Waals surface area contributed by atoms with Crippen LogP contribution in [0.4, 0.5) is 5.69 Å². The van der Waals surface area contributed by atoms with Gasteiger partial charge >= 0.3 is 0 Å². The number of piperazine rings is 1. The third-order valence-electron chi connectivity index (χ3n) is 5.31. The zero-order chi connectivity index (χ0) is 18.5. The summed E-state index contributed by atoms with van der Waals surface area (Å²) in [6, 6.07) is 14.4. The number of anilines is 1.